The molecular weight excluding hydrogens is 246 g/mol. The number of hydrogen-bond donors (Lipinski definition) is 1. The molecule has 0 saturated heterocycles. The van der Waals surface area contributed by atoms with Gasteiger partial charge in [0.15, 0.2) is 11.6 Å². The molecule has 0 amide bonds. The van der Waals surface area contributed by atoms with Gasteiger partial charge in [-0.25, -0.2) is 8.78 Å². The summed E-state index contributed by atoms with van der Waals surface area (Å²) in [5.74, 6) is -1.83. The van der Waals surface area contributed by atoms with Crippen LogP contribution in [-0.2, 0) is 0 Å². The molecule has 4 heteroatoms. The maximum atomic E-state index is 13.3. The third kappa shape index (κ3) is 1.76. The van der Waals surface area contributed by atoms with Crippen molar-refractivity contribution in [2.45, 2.75) is 0 Å². The monoisotopic (exact) mass is 254 g/mol. The third-order valence-electron chi connectivity index (χ3n) is 3.03. The van der Waals surface area contributed by atoms with Crippen molar-refractivity contribution in [3.63, 3.8) is 0 Å². The number of aromatic amines is 1. The molecule has 0 radical (unpaired) electrons. The number of aromatic nitrogens is 1. The molecule has 0 spiro atoms. The summed E-state index contributed by atoms with van der Waals surface area (Å²) >= 11 is 0. The van der Waals surface area contributed by atoms with Crippen LogP contribution in [0.2, 0.25) is 0 Å². The summed E-state index contributed by atoms with van der Waals surface area (Å²) < 4.78 is 26.2. The molecule has 0 fully saturated rings. The molecule has 1 heterocycles. The lowest BCUT2D eigenvalue weighted by Crippen LogP contribution is -1.87. The number of nitrogens with one attached hydrogen (secondary N) is 1. The van der Waals surface area contributed by atoms with Crippen LogP contribution in [0.25, 0.3) is 22.2 Å². The molecule has 3 aromatic rings. The Hall–Kier alpha value is -2.67. The quantitative estimate of drug-likeness (QED) is 0.700. The van der Waals surface area contributed by atoms with E-state index >= 15 is 0 Å². The highest BCUT2D eigenvalue weighted by Crippen LogP contribution is 2.30. The summed E-state index contributed by atoms with van der Waals surface area (Å²) in [4.78, 5) is 3.07. The highest BCUT2D eigenvalue weighted by molar-refractivity contribution is 5.93. The van der Waals surface area contributed by atoms with E-state index in [1.807, 2.05) is 24.3 Å². The fourth-order valence-corrected chi connectivity index (χ4v) is 2.13. The van der Waals surface area contributed by atoms with Crippen LogP contribution in [0, 0.1) is 23.0 Å². The van der Waals surface area contributed by atoms with E-state index in [1.165, 1.54) is 6.07 Å². The van der Waals surface area contributed by atoms with Crippen LogP contribution in [0.3, 0.4) is 0 Å². The Morgan fingerprint density at radius 3 is 2.53 bits per heavy atom. The average Bonchev–Trinajstić information content (AvgIpc) is 2.80. The smallest absolute Gasteiger partial charge is 0.159 e. The molecule has 2 aromatic carbocycles. The van der Waals surface area contributed by atoms with E-state index in [0.717, 1.165) is 23.0 Å². The summed E-state index contributed by atoms with van der Waals surface area (Å²) in [5, 5.41) is 10.0. The van der Waals surface area contributed by atoms with Gasteiger partial charge in [-0.1, -0.05) is 18.2 Å². The van der Waals surface area contributed by atoms with Gasteiger partial charge < -0.3 is 4.98 Å². The summed E-state index contributed by atoms with van der Waals surface area (Å²) in [6.45, 7) is 0. The van der Waals surface area contributed by atoms with Crippen molar-refractivity contribution in [3.8, 4) is 17.3 Å². The van der Waals surface area contributed by atoms with Gasteiger partial charge in [-0.2, -0.15) is 5.26 Å². The first kappa shape index (κ1) is 11.4. The van der Waals surface area contributed by atoms with Crippen molar-refractivity contribution in [2.75, 3.05) is 0 Å². The van der Waals surface area contributed by atoms with E-state index in [-0.39, 0.29) is 0 Å². The predicted octanol–water partition coefficient (Wildman–Crippen LogP) is 3.98. The maximum absolute atomic E-state index is 13.3. The van der Waals surface area contributed by atoms with Gasteiger partial charge in [-0.3, -0.25) is 0 Å². The van der Waals surface area contributed by atoms with Crippen LogP contribution < -0.4 is 0 Å². The van der Waals surface area contributed by atoms with Gasteiger partial charge >= 0.3 is 0 Å². The van der Waals surface area contributed by atoms with Crippen LogP contribution in [0.4, 0.5) is 8.78 Å². The molecule has 0 aliphatic heterocycles. The highest BCUT2D eigenvalue weighted by atomic mass is 19.2. The zero-order valence-electron chi connectivity index (χ0n) is 9.74. The van der Waals surface area contributed by atoms with Crippen LogP contribution in [0.5, 0.6) is 0 Å². The molecule has 0 aliphatic rings. The lowest BCUT2D eigenvalue weighted by atomic mass is 10.1. The molecule has 1 aromatic heterocycles. The van der Waals surface area contributed by atoms with Gasteiger partial charge in [0.1, 0.15) is 6.07 Å². The largest absolute Gasteiger partial charge is 0.353 e. The van der Waals surface area contributed by atoms with Gasteiger partial charge in [0.25, 0.3) is 0 Å². The van der Waals surface area contributed by atoms with Crippen molar-refractivity contribution >= 4 is 10.9 Å². The van der Waals surface area contributed by atoms with Gasteiger partial charge in [0, 0.05) is 16.5 Å². The summed E-state index contributed by atoms with van der Waals surface area (Å²) in [6.07, 6.45) is 0. The lowest BCUT2D eigenvalue weighted by Gasteiger charge is -2.00. The molecule has 0 atom stereocenters. The Kier molecular flexibility index (Phi) is 2.53. The average molecular weight is 254 g/mol. The number of H-pyrrole nitrogens is 1. The van der Waals surface area contributed by atoms with Gasteiger partial charge in [-0.15, -0.1) is 0 Å². The van der Waals surface area contributed by atoms with Gasteiger partial charge in [-0.05, 0) is 24.3 Å². The molecule has 92 valence electrons. The van der Waals surface area contributed by atoms with Crippen molar-refractivity contribution < 1.29 is 8.78 Å². The third-order valence-corrected chi connectivity index (χ3v) is 3.03. The lowest BCUT2D eigenvalue weighted by molar-refractivity contribution is 0.509. The summed E-state index contributed by atoms with van der Waals surface area (Å²) in [7, 11) is 0. The molecule has 2 nitrogen and oxygen atoms in total. The minimum Gasteiger partial charge on any atom is -0.353 e. The standard InChI is InChI=1S/C15H8F2N2/c16-12-6-5-9(7-13(12)17)15-11(8-18)10-3-1-2-4-14(10)19-15/h1-7,19H. The van der Waals surface area contributed by atoms with E-state index in [1.54, 1.807) is 0 Å². The molecule has 0 saturated carbocycles. The first-order valence-electron chi connectivity index (χ1n) is 5.67. The van der Waals surface area contributed by atoms with Crippen molar-refractivity contribution in [3.05, 3.63) is 59.7 Å². The number of halogens is 2. The van der Waals surface area contributed by atoms with E-state index < -0.39 is 11.6 Å². The number of nitriles is 1. The zero-order valence-corrected chi connectivity index (χ0v) is 9.74. The zero-order chi connectivity index (χ0) is 13.4. The molecule has 3 rings (SSSR count). The fraction of sp³-hybridized carbons (Fsp3) is 0. The van der Waals surface area contributed by atoms with Gasteiger partial charge in [0.05, 0.1) is 11.3 Å². The van der Waals surface area contributed by atoms with E-state index in [2.05, 4.69) is 11.1 Å². The SMILES string of the molecule is N#Cc1c(-c2ccc(F)c(F)c2)[nH]c2ccccc12. The van der Waals surface area contributed by atoms with E-state index in [9.17, 15) is 14.0 Å². The fourth-order valence-electron chi connectivity index (χ4n) is 2.13. The molecular formula is C15H8F2N2. The van der Waals surface area contributed by atoms with E-state index in [4.69, 9.17) is 0 Å². The maximum Gasteiger partial charge on any atom is 0.159 e. The van der Waals surface area contributed by atoms with Crippen molar-refractivity contribution in [1.82, 2.24) is 4.98 Å². The number of hydrogen-bond acceptors (Lipinski definition) is 1. The molecule has 0 unspecified atom stereocenters. The Balaban J connectivity index is 2.30. The summed E-state index contributed by atoms with van der Waals surface area (Å²) in [5.41, 5.74) is 2.18. The second-order valence-corrected chi connectivity index (χ2v) is 4.16. The highest BCUT2D eigenvalue weighted by Gasteiger charge is 2.14. The van der Waals surface area contributed by atoms with Crippen LogP contribution in [-0.4, -0.2) is 4.98 Å². The predicted molar refractivity (Wildman–Crippen MR) is 68.4 cm³/mol. The van der Waals surface area contributed by atoms with E-state index in [0.29, 0.717) is 16.8 Å². The first-order chi connectivity index (χ1) is 9.20. The Bertz CT molecular complexity index is 813. The molecule has 0 bridgehead atoms. The summed E-state index contributed by atoms with van der Waals surface area (Å²) in [6, 6.07) is 13.0. The normalized spacial score (nSPS) is 10.6. The topological polar surface area (TPSA) is 39.6 Å². The minimum atomic E-state index is -0.931. The molecule has 0 aliphatic carbocycles. The number of rotatable bonds is 1. The second-order valence-electron chi connectivity index (χ2n) is 4.16. The molecule has 19 heavy (non-hydrogen) atoms. The Morgan fingerprint density at radius 1 is 1.00 bits per heavy atom. The molecule has 1 N–H and O–H groups in total. The Labute approximate surface area is 107 Å². The van der Waals surface area contributed by atoms with Gasteiger partial charge in [0.2, 0.25) is 0 Å². The number of benzene rings is 2. The van der Waals surface area contributed by atoms with Crippen molar-refractivity contribution in [1.29, 1.82) is 5.26 Å². The van der Waals surface area contributed by atoms with Crippen LogP contribution in [0.15, 0.2) is 42.5 Å². The first-order valence-corrected chi connectivity index (χ1v) is 5.67. The van der Waals surface area contributed by atoms with Crippen LogP contribution in [0.1, 0.15) is 5.56 Å². The Morgan fingerprint density at radius 2 is 1.79 bits per heavy atom. The van der Waals surface area contributed by atoms with Crippen LogP contribution >= 0.6 is 0 Å². The number of nitrogens with zero attached hydrogens (tertiary/aromatic N) is 1. The second kappa shape index (κ2) is 4.21. The van der Waals surface area contributed by atoms with Crippen molar-refractivity contribution in [2.24, 2.45) is 0 Å². The number of fused-ring (bicyclic) bond motifs is 1. The number of para-hydroxylation sites is 1. The minimum absolute atomic E-state index is 0.432.